The first-order valence-corrected chi connectivity index (χ1v) is 12.2. The van der Waals surface area contributed by atoms with Crippen LogP contribution >= 0.6 is 11.6 Å². The van der Waals surface area contributed by atoms with Gasteiger partial charge in [0.1, 0.15) is 5.82 Å². The maximum absolute atomic E-state index is 13.4. The summed E-state index contributed by atoms with van der Waals surface area (Å²) in [5.74, 6) is -3.67. The van der Waals surface area contributed by atoms with E-state index in [1.807, 2.05) is 18.2 Å². The van der Waals surface area contributed by atoms with Gasteiger partial charge >= 0.3 is 12.1 Å². The summed E-state index contributed by atoms with van der Waals surface area (Å²) in [5, 5.41) is 12.7. The summed E-state index contributed by atoms with van der Waals surface area (Å²) < 4.78 is 58.8. The summed E-state index contributed by atoms with van der Waals surface area (Å²) in [5.41, 5.74) is -2.17. The molecule has 39 heavy (non-hydrogen) atoms. The minimum absolute atomic E-state index is 0.197. The van der Waals surface area contributed by atoms with Crippen LogP contribution in [0.5, 0.6) is 0 Å². The third-order valence-electron chi connectivity index (χ3n) is 6.18. The molecule has 0 bridgehead atoms. The van der Waals surface area contributed by atoms with Gasteiger partial charge in [-0.15, -0.1) is 0 Å². The molecule has 0 aromatic heterocycles. The van der Waals surface area contributed by atoms with Crippen molar-refractivity contribution in [1.82, 2.24) is 5.32 Å². The van der Waals surface area contributed by atoms with Gasteiger partial charge in [0.25, 0.3) is 5.91 Å². The fourth-order valence-corrected chi connectivity index (χ4v) is 4.17. The lowest BCUT2D eigenvalue weighted by molar-refractivity contribution is -0.140. The zero-order valence-electron chi connectivity index (χ0n) is 21.3. The highest BCUT2D eigenvalue weighted by molar-refractivity contribution is 6.30. The third kappa shape index (κ3) is 7.58. The number of benzene rings is 3. The van der Waals surface area contributed by atoms with Crippen LogP contribution in [0.4, 0.5) is 17.6 Å². The van der Waals surface area contributed by atoms with Gasteiger partial charge in [0.05, 0.1) is 22.8 Å². The van der Waals surface area contributed by atoms with Gasteiger partial charge in [-0.05, 0) is 80.8 Å². The number of esters is 1. The van der Waals surface area contributed by atoms with Crippen LogP contribution in [0.25, 0.3) is 0 Å². The Bertz CT molecular complexity index is 1400. The molecule has 3 aromatic rings. The summed E-state index contributed by atoms with van der Waals surface area (Å²) in [6.07, 6.45) is -4.55. The van der Waals surface area contributed by atoms with Crippen LogP contribution in [0.3, 0.4) is 0 Å². The molecule has 0 saturated carbocycles. The number of nitrogens with one attached hydrogen (secondary N) is 1. The van der Waals surface area contributed by atoms with E-state index in [0.29, 0.717) is 29.1 Å². The van der Waals surface area contributed by atoms with Crippen molar-refractivity contribution in [2.24, 2.45) is 0 Å². The SMILES string of the molecule is C[C@H](NC(=O)C(C)(C)OC(=O)c1ccc(F)cc1C(F)(F)F)[C@@H](Cc1ccc(Cl)cc1)c1cccc(C#N)c1. The predicted molar refractivity (Wildman–Crippen MR) is 138 cm³/mol. The van der Waals surface area contributed by atoms with Crippen molar-refractivity contribution >= 4 is 23.5 Å². The van der Waals surface area contributed by atoms with Crippen molar-refractivity contribution in [3.63, 3.8) is 0 Å². The molecule has 3 rings (SSSR count). The van der Waals surface area contributed by atoms with E-state index in [1.54, 1.807) is 37.3 Å². The Hall–Kier alpha value is -3.90. The maximum Gasteiger partial charge on any atom is 0.417 e. The number of halogens is 5. The van der Waals surface area contributed by atoms with Gasteiger partial charge in [-0.25, -0.2) is 9.18 Å². The first-order valence-electron chi connectivity index (χ1n) is 11.9. The summed E-state index contributed by atoms with van der Waals surface area (Å²) in [4.78, 5) is 25.9. The number of carbonyl (C=O) groups is 2. The Kier molecular flexibility index (Phi) is 9.03. The number of hydrogen-bond acceptors (Lipinski definition) is 4. The lowest BCUT2D eigenvalue weighted by Crippen LogP contribution is -2.50. The van der Waals surface area contributed by atoms with Gasteiger partial charge in [0.2, 0.25) is 0 Å². The standard InChI is InChI=1S/C29H25ClF4N2O3/c1-17(24(14-18-7-9-21(30)10-8-18)20-6-4-5-19(13-20)16-35)36-27(38)28(2,3)39-26(37)23-12-11-22(31)15-25(23)29(32,33)34/h4-13,15,17,24H,14H2,1-3H3,(H,36,38)/t17-,24+/m0/s1. The maximum atomic E-state index is 13.4. The number of nitriles is 1. The summed E-state index contributed by atoms with van der Waals surface area (Å²) in [7, 11) is 0. The molecule has 0 radical (unpaired) electrons. The molecule has 5 nitrogen and oxygen atoms in total. The molecule has 10 heteroatoms. The Morgan fingerprint density at radius 2 is 1.72 bits per heavy atom. The largest absolute Gasteiger partial charge is 0.446 e. The first kappa shape index (κ1) is 29.7. The van der Waals surface area contributed by atoms with Gasteiger partial charge in [-0.1, -0.05) is 35.9 Å². The van der Waals surface area contributed by atoms with E-state index in [2.05, 4.69) is 11.4 Å². The Morgan fingerprint density at radius 1 is 1.05 bits per heavy atom. The number of carbonyl (C=O) groups excluding carboxylic acids is 2. The average molecular weight is 561 g/mol. The molecule has 0 aliphatic heterocycles. The highest BCUT2D eigenvalue weighted by atomic mass is 35.5. The molecule has 2 atom stereocenters. The van der Waals surface area contributed by atoms with Gasteiger partial charge in [0, 0.05) is 17.0 Å². The topological polar surface area (TPSA) is 79.2 Å². The lowest BCUT2D eigenvalue weighted by atomic mass is 9.85. The van der Waals surface area contributed by atoms with Crippen molar-refractivity contribution in [2.45, 2.75) is 50.9 Å². The number of ether oxygens (including phenoxy) is 1. The fourth-order valence-electron chi connectivity index (χ4n) is 4.04. The van der Waals surface area contributed by atoms with Gasteiger partial charge in [-0.3, -0.25) is 4.79 Å². The highest BCUT2D eigenvalue weighted by Gasteiger charge is 2.39. The summed E-state index contributed by atoms with van der Waals surface area (Å²) in [6.45, 7) is 4.22. The van der Waals surface area contributed by atoms with E-state index in [9.17, 15) is 32.4 Å². The van der Waals surface area contributed by atoms with Crippen molar-refractivity contribution < 1.29 is 31.9 Å². The molecule has 0 aliphatic carbocycles. The minimum atomic E-state index is -5.01. The van der Waals surface area contributed by atoms with E-state index < -0.39 is 46.6 Å². The van der Waals surface area contributed by atoms with Crippen molar-refractivity contribution in [2.75, 3.05) is 0 Å². The average Bonchev–Trinajstić information content (AvgIpc) is 2.87. The first-order chi connectivity index (χ1) is 18.2. The van der Waals surface area contributed by atoms with Gasteiger partial charge < -0.3 is 10.1 Å². The number of nitrogens with zero attached hydrogens (tertiary/aromatic N) is 1. The zero-order valence-corrected chi connectivity index (χ0v) is 22.0. The van der Waals surface area contributed by atoms with Crippen LogP contribution in [0, 0.1) is 17.1 Å². The van der Waals surface area contributed by atoms with Crippen LogP contribution in [0.1, 0.15) is 59.3 Å². The smallest absolute Gasteiger partial charge is 0.417 e. The van der Waals surface area contributed by atoms with Crippen molar-refractivity contribution in [3.05, 3.63) is 105 Å². The second kappa shape index (κ2) is 11.9. The minimum Gasteiger partial charge on any atom is -0.446 e. The summed E-state index contributed by atoms with van der Waals surface area (Å²) in [6, 6.07) is 17.2. The summed E-state index contributed by atoms with van der Waals surface area (Å²) >= 11 is 6.00. The molecule has 0 spiro atoms. The molecule has 0 unspecified atom stereocenters. The lowest BCUT2D eigenvalue weighted by Gasteiger charge is -2.30. The van der Waals surface area contributed by atoms with Gasteiger partial charge in [0.15, 0.2) is 5.60 Å². The van der Waals surface area contributed by atoms with E-state index >= 15 is 0 Å². The zero-order chi connectivity index (χ0) is 29.0. The van der Waals surface area contributed by atoms with E-state index in [4.69, 9.17) is 16.3 Å². The quantitative estimate of drug-likeness (QED) is 0.242. The fraction of sp³-hybridized carbons (Fsp3) is 0.276. The molecule has 0 heterocycles. The van der Waals surface area contributed by atoms with E-state index in [-0.39, 0.29) is 12.0 Å². The van der Waals surface area contributed by atoms with Crippen molar-refractivity contribution in [3.8, 4) is 6.07 Å². The Morgan fingerprint density at radius 3 is 2.33 bits per heavy atom. The number of hydrogen-bond donors (Lipinski definition) is 1. The highest BCUT2D eigenvalue weighted by Crippen LogP contribution is 2.34. The molecule has 204 valence electrons. The molecule has 1 N–H and O–H groups in total. The van der Waals surface area contributed by atoms with Crippen LogP contribution in [-0.4, -0.2) is 23.5 Å². The van der Waals surface area contributed by atoms with Crippen LogP contribution in [0.2, 0.25) is 5.02 Å². The monoisotopic (exact) mass is 560 g/mol. The molecular formula is C29H25ClF4N2O3. The number of amides is 1. The third-order valence-corrected chi connectivity index (χ3v) is 6.43. The predicted octanol–water partition coefficient (Wildman–Crippen LogP) is 6.84. The molecule has 0 aliphatic rings. The van der Waals surface area contributed by atoms with E-state index in [1.165, 1.54) is 13.8 Å². The Labute approximate surface area is 228 Å². The van der Waals surface area contributed by atoms with Crippen LogP contribution in [-0.2, 0) is 22.1 Å². The Balaban J connectivity index is 1.83. The molecular weight excluding hydrogens is 536 g/mol. The van der Waals surface area contributed by atoms with Crippen molar-refractivity contribution in [1.29, 1.82) is 5.26 Å². The normalized spacial score (nSPS) is 13.2. The molecule has 1 amide bonds. The number of alkyl halides is 3. The second-order valence-corrected chi connectivity index (χ2v) is 9.96. The van der Waals surface area contributed by atoms with Crippen LogP contribution < -0.4 is 5.32 Å². The van der Waals surface area contributed by atoms with E-state index in [0.717, 1.165) is 11.1 Å². The van der Waals surface area contributed by atoms with Crippen LogP contribution in [0.15, 0.2) is 66.7 Å². The molecule has 0 saturated heterocycles. The van der Waals surface area contributed by atoms with Gasteiger partial charge in [-0.2, -0.15) is 18.4 Å². The molecule has 0 fully saturated rings. The second-order valence-electron chi connectivity index (χ2n) is 9.52. The number of rotatable bonds is 8. The molecule has 3 aromatic carbocycles.